The first-order valence-electron chi connectivity index (χ1n) is 12.9. The number of hydrogen-bond donors (Lipinski definition) is 3. The number of hydrogen-bond acceptors (Lipinski definition) is 7. The minimum atomic E-state index is -0.0597. The largest absolute Gasteiger partial charge is 0.404 e. The van der Waals surface area contributed by atoms with Crippen molar-refractivity contribution in [3.63, 3.8) is 0 Å². The van der Waals surface area contributed by atoms with Crippen molar-refractivity contribution in [2.45, 2.75) is 64.2 Å². The number of rotatable bonds is 7. The second kappa shape index (κ2) is 11.3. The zero-order valence-corrected chi connectivity index (χ0v) is 22.0. The minimum absolute atomic E-state index is 0.0597. The molecule has 9 nitrogen and oxygen atoms in total. The maximum Gasteiger partial charge on any atom is 0.270 e. The fraction of sp³-hybridized carbons (Fsp3) is 0.519. The number of piperazine rings is 1. The predicted molar refractivity (Wildman–Crippen MR) is 145 cm³/mol. The van der Waals surface area contributed by atoms with Crippen LogP contribution in [0.2, 0.25) is 0 Å². The molecule has 1 amide bonds. The third kappa shape index (κ3) is 5.96. The maximum absolute atomic E-state index is 12.9. The van der Waals surface area contributed by atoms with Crippen LogP contribution in [0, 0.1) is 0 Å². The summed E-state index contributed by atoms with van der Waals surface area (Å²) in [6, 6.07) is 5.24. The number of aliphatic imine (C=N–C) groups is 1. The highest BCUT2D eigenvalue weighted by Crippen LogP contribution is 2.34. The van der Waals surface area contributed by atoms with Crippen molar-refractivity contribution >= 4 is 17.6 Å². The van der Waals surface area contributed by atoms with Gasteiger partial charge in [0, 0.05) is 69.8 Å². The second-order valence-corrected chi connectivity index (χ2v) is 10.4. The van der Waals surface area contributed by atoms with Crippen LogP contribution in [0.4, 0.5) is 5.82 Å². The molecule has 194 valence electrons. The first-order chi connectivity index (χ1) is 17.2. The van der Waals surface area contributed by atoms with Gasteiger partial charge in [-0.25, -0.2) is 9.98 Å². The van der Waals surface area contributed by atoms with E-state index < -0.39 is 0 Å². The average molecular weight is 493 g/mol. The molecule has 1 aliphatic carbocycles. The van der Waals surface area contributed by atoms with Crippen LogP contribution in [-0.4, -0.2) is 76.7 Å². The zero-order chi connectivity index (χ0) is 25.8. The molecule has 2 aliphatic heterocycles. The number of carbonyl (C=O) groups is 1. The van der Waals surface area contributed by atoms with E-state index in [1.165, 1.54) is 11.8 Å². The van der Waals surface area contributed by atoms with Crippen molar-refractivity contribution < 1.29 is 4.79 Å². The van der Waals surface area contributed by atoms with Crippen molar-refractivity contribution in [1.29, 1.82) is 0 Å². The van der Waals surface area contributed by atoms with Crippen molar-refractivity contribution in [2.75, 3.05) is 32.5 Å². The molecule has 3 heterocycles. The van der Waals surface area contributed by atoms with Gasteiger partial charge in [-0.2, -0.15) is 0 Å². The number of amidine groups is 1. The Morgan fingerprint density at radius 2 is 1.97 bits per heavy atom. The number of anilines is 1. The van der Waals surface area contributed by atoms with Gasteiger partial charge in [0.1, 0.15) is 23.2 Å². The van der Waals surface area contributed by atoms with Crippen LogP contribution in [0.1, 0.15) is 45.1 Å². The second-order valence-electron chi connectivity index (χ2n) is 10.4. The van der Waals surface area contributed by atoms with E-state index >= 15 is 0 Å². The highest BCUT2D eigenvalue weighted by atomic mass is 16.2. The number of amides is 1. The molecule has 2 fully saturated rings. The summed E-state index contributed by atoms with van der Waals surface area (Å²) >= 11 is 0. The van der Waals surface area contributed by atoms with Gasteiger partial charge in [0.25, 0.3) is 5.91 Å². The Labute approximate surface area is 214 Å². The molecule has 0 aromatic carbocycles. The van der Waals surface area contributed by atoms with E-state index in [0.717, 1.165) is 50.9 Å². The smallest absolute Gasteiger partial charge is 0.270 e. The first-order valence-corrected chi connectivity index (χ1v) is 12.9. The van der Waals surface area contributed by atoms with Gasteiger partial charge >= 0.3 is 0 Å². The van der Waals surface area contributed by atoms with Gasteiger partial charge in [-0.05, 0) is 44.4 Å². The molecule has 1 saturated carbocycles. The molecule has 0 bridgehead atoms. The van der Waals surface area contributed by atoms with E-state index in [1.807, 2.05) is 23.2 Å². The standard InChI is InChI=1S/C27H40N8O/c1-18-15-34(16-19(2)30-18)17-21-10-11-25(29-14-21)31-20(3)32-26-22(13-28)12-24(27(36)33(4)5)35(26)23-8-6-7-9-23/h10-14,18-19,23,30H,3,6-9,15-17,28H2,1-2,4-5H3,(H,29,31)/b22-13-,32-26+/t18-,19+. The molecule has 1 aromatic rings. The molecule has 0 radical (unpaired) electrons. The van der Waals surface area contributed by atoms with Gasteiger partial charge in [-0.3, -0.25) is 9.69 Å². The molecule has 2 atom stereocenters. The third-order valence-electron chi connectivity index (χ3n) is 6.91. The molecular formula is C27H40N8O. The summed E-state index contributed by atoms with van der Waals surface area (Å²) in [7, 11) is 3.52. The number of pyridine rings is 1. The van der Waals surface area contributed by atoms with E-state index in [0.29, 0.717) is 35.3 Å². The Hall–Kier alpha value is -3.17. The van der Waals surface area contributed by atoms with Crippen molar-refractivity contribution in [1.82, 2.24) is 25.0 Å². The lowest BCUT2D eigenvalue weighted by Gasteiger charge is -2.36. The zero-order valence-electron chi connectivity index (χ0n) is 22.0. The molecule has 0 unspecified atom stereocenters. The topological polar surface area (TPSA) is 102 Å². The van der Waals surface area contributed by atoms with Crippen LogP contribution < -0.4 is 16.4 Å². The molecule has 36 heavy (non-hydrogen) atoms. The number of nitrogens with one attached hydrogen (secondary N) is 2. The maximum atomic E-state index is 12.9. The van der Waals surface area contributed by atoms with Gasteiger partial charge in [0.2, 0.25) is 0 Å². The quantitative estimate of drug-likeness (QED) is 0.538. The molecule has 0 spiro atoms. The van der Waals surface area contributed by atoms with E-state index in [1.54, 1.807) is 19.0 Å². The normalized spacial score (nSPS) is 25.4. The van der Waals surface area contributed by atoms with E-state index in [9.17, 15) is 4.79 Å². The van der Waals surface area contributed by atoms with Crippen LogP contribution in [0.5, 0.6) is 0 Å². The Bertz CT molecular complexity index is 1040. The summed E-state index contributed by atoms with van der Waals surface area (Å²) < 4.78 is 0. The number of aromatic nitrogens is 1. The Morgan fingerprint density at radius 3 is 2.56 bits per heavy atom. The third-order valence-corrected chi connectivity index (χ3v) is 6.91. The molecule has 1 aromatic heterocycles. The fourth-order valence-corrected chi connectivity index (χ4v) is 5.42. The summed E-state index contributed by atoms with van der Waals surface area (Å²) in [6.45, 7) is 11.5. The monoisotopic (exact) mass is 492 g/mol. The Balaban J connectivity index is 1.46. The summed E-state index contributed by atoms with van der Waals surface area (Å²) in [6.07, 6.45) is 9.56. The van der Waals surface area contributed by atoms with Crippen LogP contribution in [0.3, 0.4) is 0 Å². The van der Waals surface area contributed by atoms with Gasteiger partial charge in [-0.15, -0.1) is 0 Å². The predicted octanol–water partition coefficient (Wildman–Crippen LogP) is 2.62. The minimum Gasteiger partial charge on any atom is -0.404 e. The van der Waals surface area contributed by atoms with Gasteiger partial charge in [0.05, 0.1) is 0 Å². The lowest BCUT2D eigenvalue weighted by atomic mass is 10.1. The van der Waals surface area contributed by atoms with Crippen molar-refractivity contribution in [3.8, 4) is 0 Å². The summed E-state index contributed by atoms with van der Waals surface area (Å²) in [5.41, 5.74) is 8.45. The fourth-order valence-electron chi connectivity index (χ4n) is 5.42. The van der Waals surface area contributed by atoms with Crippen LogP contribution in [0.15, 0.2) is 59.3 Å². The van der Waals surface area contributed by atoms with E-state index in [4.69, 9.17) is 10.7 Å². The number of nitrogens with two attached hydrogens (primary N) is 1. The number of nitrogens with zero attached hydrogens (tertiary/aromatic N) is 5. The van der Waals surface area contributed by atoms with Crippen LogP contribution in [0.25, 0.3) is 0 Å². The SMILES string of the molecule is C=C(/N=C1\C(=C/N)C=C(C(=O)N(C)C)N1C1CCCC1)Nc1ccc(CN2C[C@@H](C)N[C@@H](C)C2)cn1. The van der Waals surface area contributed by atoms with Crippen molar-refractivity contribution in [3.05, 3.63) is 59.8 Å². The summed E-state index contributed by atoms with van der Waals surface area (Å²) in [4.78, 5) is 28.4. The highest BCUT2D eigenvalue weighted by Gasteiger charge is 2.37. The van der Waals surface area contributed by atoms with E-state index in [-0.39, 0.29) is 11.9 Å². The lowest BCUT2D eigenvalue weighted by Crippen LogP contribution is -2.53. The Kier molecular flexibility index (Phi) is 8.11. The van der Waals surface area contributed by atoms with Crippen LogP contribution in [-0.2, 0) is 11.3 Å². The molecule has 3 aliphatic rings. The number of likely N-dealkylation sites (N-methyl/N-ethyl adjacent to an activating group) is 1. The van der Waals surface area contributed by atoms with Gasteiger partial charge < -0.3 is 26.2 Å². The first kappa shape index (κ1) is 25.9. The Morgan fingerprint density at radius 1 is 1.28 bits per heavy atom. The molecule has 1 saturated heterocycles. The molecule has 4 N–H and O–H groups in total. The van der Waals surface area contributed by atoms with Crippen molar-refractivity contribution in [2.24, 2.45) is 10.7 Å². The lowest BCUT2D eigenvalue weighted by molar-refractivity contribution is -0.126. The number of carbonyl (C=O) groups excluding carboxylic acids is 1. The van der Waals surface area contributed by atoms with Gasteiger partial charge in [-0.1, -0.05) is 25.5 Å². The van der Waals surface area contributed by atoms with E-state index in [2.05, 4.69) is 47.0 Å². The highest BCUT2D eigenvalue weighted by molar-refractivity contribution is 6.12. The molecule has 9 heteroatoms. The van der Waals surface area contributed by atoms with Crippen LogP contribution >= 0.6 is 0 Å². The average Bonchev–Trinajstić information content (AvgIpc) is 3.47. The summed E-state index contributed by atoms with van der Waals surface area (Å²) in [5.74, 6) is 1.72. The molecular weight excluding hydrogens is 452 g/mol. The molecule has 4 rings (SSSR count). The summed E-state index contributed by atoms with van der Waals surface area (Å²) in [5, 5.41) is 6.77. The van der Waals surface area contributed by atoms with Gasteiger partial charge in [0.15, 0.2) is 0 Å².